The van der Waals surface area contributed by atoms with Crippen LogP contribution in [0.1, 0.15) is 17.5 Å². The van der Waals surface area contributed by atoms with Gasteiger partial charge in [-0.1, -0.05) is 17.3 Å². The summed E-state index contributed by atoms with van der Waals surface area (Å²) in [5, 5.41) is 4.09. The minimum Gasteiger partial charge on any atom is -0.383 e. The summed E-state index contributed by atoms with van der Waals surface area (Å²) in [6.07, 6.45) is -0.326. The molecule has 1 aromatic carbocycles. The zero-order chi connectivity index (χ0) is 18.7. The highest BCUT2D eigenvalue weighted by Crippen LogP contribution is 2.28. The number of primary amides is 1. The molecule has 1 unspecified atom stereocenters. The van der Waals surface area contributed by atoms with E-state index in [9.17, 15) is 4.79 Å². The van der Waals surface area contributed by atoms with E-state index in [4.69, 9.17) is 15.3 Å². The fraction of sp³-hybridized carbons (Fsp3) is 0.500. The number of aliphatic imine (C=N–C) groups is 1. The highest BCUT2D eigenvalue weighted by atomic mass is 16.6. The minimum atomic E-state index is -0.702. The molecular formula is C18H25N5O3. The molecule has 3 rings (SSSR count). The first-order valence-electron chi connectivity index (χ1n) is 8.63. The van der Waals surface area contributed by atoms with Crippen molar-refractivity contribution in [2.24, 2.45) is 15.9 Å². The number of carbonyl (C=O) groups is 1. The number of methoxy groups -OCH3 is 1. The molecule has 1 atom stereocenters. The molecule has 8 heteroatoms. The van der Waals surface area contributed by atoms with Gasteiger partial charge in [0.05, 0.1) is 18.9 Å². The monoisotopic (exact) mass is 359 g/mol. The minimum absolute atomic E-state index is 0.376. The van der Waals surface area contributed by atoms with E-state index >= 15 is 0 Å². The molecule has 2 heterocycles. The second-order valence-corrected chi connectivity index (χ2v) is 6.51. The normalized spacial score (nSPS) is 19.2. The lowest BCUT2D eigenvalue weighted by Gasteiger charge is -2.24. The van der Waals surface area contributed by atoms with Crippen molar-refractivity contribution in [2.45, 2.75) is 12.5 Å². The number of hydrogen-bond acceptors (Lipinski definition) is 7. The molecule has 1 aromatic rings. The molecular weight excluding hydrogens is 334 g/mol. The number of rotatable bonds is 7. The Morgan fingerprint density at radius 3 is 2.92 bits per heavy atom. The smallest absolute Gasteiger partial charge is 0.261 e. The number of amidine groups is 1. The summed E-state index contributed by atoms with van der Waals surface area (Å²) in [5.74, 6) is 0.481. The molecule has 8 nitrogen and oxygen atoms in total. The second-order valence-electron chi connectivity index (χ2n) is 6.51. The van der Waals surface area contributed by atoms with E-state index < -0.39 is 12.0 Å². The molecule has 140 valence electrons. The van der Waals surface area contributed by atoms with Gasteiger partial charge in [-0.3, -0.25) is 9.79 Å². The Morgan fingerprint density at radius 1 is 1.50 bits per heavy atom. The van der Waals surface area contributed by atoms with Crippen LogP contribution in [0.2, 0.25) is 0 Å². The third-order valence-electron chi connectivity index (χ3n) is 4.65. The van der Waals surface area contributed by atoms with Gasteiger partial charge in [-0.2, -0.15) is 0 Å². The average Bonchev–Trinajstić information content (AvgIpc) is 3.28. The third-order valence-corrected chi connectivity index (χ3v) is 4.65. The van der Waals surface area contributed by atoms with Gasteiger partial charge in [0.1, 0.15) is 5.84 Å². The SMILES string of the molecule is COCCN(C)c1cc(C2=NCCN2C)ccc1C1=NOC(C(N)=O)C1. The molecule has 0 aliphatic carbocycles. The number of carbonyl (C=O) groups excluding carboxylic acids is 1. The van der Waals surface area contributed by atoms with Crippen LogP contribution in [0.15, 0.2) is 28.3 Å². The number of benzene rings is 1. The molecule has 0 saturated heterocycles. The quantitative estimate of drug-likeness (QED) is 0.763. The molecule has 2 aliphatic rings. The molecule has 0 spiro atoms. The standard InChI is InChI=1S/C18H25N5O3/c1-22(8-9-25-3)15-10-12(18-20-6-7-23(18)2)4-5-13(15)14-11-16(17(19)24)26-21-14/h4-5,10,16H,6-9,11H2,1-3H3,(H2,19,24). The van der Waals surface area contributed by atoms with Crippen molar-refractivity contribution in [3.05, 3.63) is 29.3 Å². The van der Waals surface area contributed by atoms with Gasteiger partial charge in [0.15, 0.2) is 0 Å². The van der Waals surface area contributed by atoms with Crippen LogP contribution in [0.5, 0.6) is 0 Å². The largest absolute Gasteiger partial charge is 0.383 e. The molecule has 0 radical (unpaired) electrons. The van der Waals surface area contributed by atoms with E-state index in [0.29, 0.717) is 13.0 Å². The number of likely N-dealkylation sites (N-methyl/N-ethyl adjacent to an activating group) is 2. The van der Waals surface area contributed by atoms with Crippen molar-refractivity contribution >= 4 is 23.1 Å². The first-order valence-corrected chi connectivity index (χ1v) is 8.63. The van der Waals surface area contributed by atoms with Crippen molar-refractivity contribution in [3.63, 3.8) is 0 Å². The van der Waals surface area contributed by atoms with Crippen molar-refractivity contribution in [2.75, 3.05) is 52.3 Å². The Hall–Kier alpha value is -2.61. The van der Waals surface area contributed by atoms with Crippen LogP contribution in [0.3, 0.4) is 0 Å². The number of hydrogen-bond donors (Lipinski definition) is 1. The summed E-state index contributed by atoms with van der Waals surface area (Å²) in [4.78, 5) is 25.4. The zero-order valence-electron chi connectivity index (χ0n) is 15.4. The van der Waals surface area contributed by atoms with Gasteiger partial charge >= 0.3 is 0 Å². The third kappa shape index (κ3) is 3.65. The van der Waals surface area contributed by atoms with E-state index in [-0.39, 0.29) is 0 Å². The van der Waals surface area contributed by atoms with Gasteiger partial charge in [-0.25, -0.2) is 0 Å². The Bertz CT molecular complexity index is 746. The Kier molecular flexibility index (Phi) is 5.41. The Balaban J connectivity index is 1.94. The van der Waals surface area contributed by atoms with Gasteiger partial charge in [-0.15, -0.1) is 0 Å². The van der Waals surface area contributed by atoms with Crippen LogP contribution >= 0.6 is 0 Å². The van der Waals surface area contributed by atoms with Crippen molar-refractivity contribution in [1.82, 2.24) is 4.90 Å². The van der Waals surface area contributed by atoms with E-state index in [1.165, 1.54) is 0 Å². The lowest BCUT2D eigenvalue weighted by atomic mass is 9.99. The maximum absolute atomic E-state index is 11.4. The second kappa shape index (κ2) is 7.74. The van der Waals surface area contributed by atoms with Gasteiger partial charge in [0.25, 0.3) is 5.91 Å². The number of nitrogens with two attached hydrogens (primary N) is 1. The lowest BCUT2D eigenvalue weighted by Crippen LogP contribution is -2.29. The molecule has 0 bridgehead atoms. The number of ether oxygens (including phenoxy) is 1. The van der Waals surface area contributed by atoms with Gasteiger partial charge in [0, 0.05) is 57.5 Å². The first kappa shape index (κ1) is 18.2. The van der Waals surface area contributed by atoms with E-state index in [1.54, 1.807) is 7.11 Å². The van der Waals surface area contributed by atoms with Crippen LogP contribution in [-0.4, -0.2) is 75.9 Å². The van der Waals surface area contributed by atoms with Gasteiger partial charge in [0.2, 0.25) is 6.10 Å². The maximum Gasteiger partial charge on any atom is 0.261 e. The van der Waals surface area contributed by atoms with Crippen LogP contribution < -0.4 is 10.6 Å². The Labute approximate surface area is 153 Å². The average molecular weight is 359 g/mol. The number of amides is 1. The summed E-state index contributed by atoms with van der Waals surface area (Å²) in [6.45, 7) is 3.06. The molecule has 0 saturated carbocycles. The molecule has 0 aromatic heterocycles. The van der Waals surface area contributed by atoms with Crippen LogP contribution in [0.4, 0.5) is 5.69 Å². The number of nitrogens with zero attached hydrogens (tertiary/aromatic N) is 4. The lowest BCUT2D eigenvalue weighted by molar-refractivity contribution is -0.127. The van der Waals surface area contributed by atoms with Crippen molar-refractivity contribution < 1.29 is 14.4 Å². The van der Waals surface area contributed by atoms with Gasteiger partial charge in [-0.05, 0) is 6.07 Å². The fourth-order valence-corrected chi connectivity index (χ4v) is 3.11. The van der Waals surface area contributed by atoms with Crippen LogP contribution in [0, 0.1) is 0 Å². The highest BCUT2D eigenvalue weighted by Gasteiger charge is 2.29. The van der Waals surface area contributed by atoms with Gasteiger partial charge < -0.3 is 25.1 Å². The first-order chi connectivity index (χ1) is 12.5. The zero-order valence-corrected chi connectivity index (χ0v) is 15.4. The summed E-state index contributed by atoms with van der Waals surface area (Å²) < 4.78 is 5.21. The molecule has 2 aliphatic heterocycles. The highest BCUT2D eigenvalue weighted by molar-refractivity contribution is 6.09. The molecule has 2 N–H and O–H groups in total. The molecule has 0 fully saturated rings. The topological polar surface area (TPSA) is 92.8 Å². The predicted molar refractivity (Wildman–Crippen MR) is 101 cm³/mol. The Morgan fingerprint density at radius 2 is 2.31 bits per heavy atom. The van der Waals surface area contributed by atoms with Crippen molar-refractivity contribution in [3.8, 4) is 0 Å². The summed E-state index contributed by atoms with van der Waals surface area (Å²) in [5.41, 5.74) is 9.04. The molecule has 26 heavy (non-hydrogen) atoms. The number of anilines is 1. The maximum atomic E-state index is 11.4. The van der Waals surface area contributed by atoms with E-state index in [0.717, 1.165) is 48.0 Å². The van der Waals surface area contributed by atoms with E-state index in [2.05, 4.69) is 26.0 Å². The number of oxime groups is 1. The summed E-state index contributed by atoms with van der Waals surface area (Å²) >= 11 is 0. The van der Waals surface area contributed by atoms with Crippen molar-refractivity contribution in [1.29, 1.82) is 0 Å². The predicted octanol–water partition coefficient (Wildman–Crippen LogP) is 0.440. The summed E-state index contributed by atoms with van der Waals surface area (Å²) in [6, 6.07) is 6.14. The molecule has 1 amide bonds. The fourth-order valence-electron chi connectivity index (χ4n) is 3.11. The summed E-state index contributed by atoms with van der Waals surface area (Å²) in [7, 11) is 5.73. The van der Waals surface area contributed by atoms with Crippen LogP contribution in [0.25, 0.3) is 0 Å². The van der Waals surface area contributed by atoms with Crippen LogP contribution in [-0.2, 0) is 14.4 Å². The van der Waals surface area contributed by atoms with E-state index in [1.807, 2.05) is 26.2 Å².